The molecule has 4 aromatic rings. The van der Waals surface area contributed by atoms with Crippen molar-refractivity contribution in [3.05, 3.63) is 92.4 Å². The lowest BCUT2D eigenvalue weighted by Crippen LogP contribution is -2.34. The molecule has 0 N–H and O–H groups in total. The second-order valence-electron chi connectivity index (χ2n) is 8.94. The minimum absolute atomic E-state index is 0.0110. The van der Waals surface area contributed by atoms with Crippen LogP contribution >= 0.6 is 31.9 Å². The number of benzene rings is 4. The standard InChI is InChI=1S/C29H24Br2N2O4/c1-34-25-11-19(12-26(35-2)28(25)36-3)29-33-24(21-13-20(30)14-22(31)27(21)37-29)15-23(32-33)18-9-8-16-6-4-5-7-17(16)10-18/h4-14,24,29H,15H2,1-3H3/t24-,29+/m0/s1. The highest BCUT2D eigenvalue weighted by Gasteiger charge is 2.42. The molecule has 6 rings (SSSR count). The number of ether oxygens (including phenoxy) is 4. The van der Waals surface area contributed by atoms with Gasteiger partial charge in [-0.15, -0.1) is 0 Å². The van der Waals surface area contributed by atoms with Crippen molar-refractivity contribution in [1.82, 2.24) is 5.01 Å². The van der Waals surface area contributed by atoms with Crippen molar-refractivity contribution >= 4 is 48.3 Å². The van der Waals surface area contributed by atoms with Gasteiger partial charge in [-0.3, -0.25) is 0 Å². The minimum Gasteiger partial charge on any atom is -0.493 e. The molecule has 0 saturated carbocycles. The summed E-state index contributed by atoms with van der Waals surface area (Å²) in [7, 11) is 4.82. The van der Waals surface area contributed by atoms with E-state index in [9.17, 15) is 0 Å². The first kappa shape index (κ1) is 24.1. The smallest absolute Gasteiger partial charge is 0.214 e. The van der Waals surface area contributed by atoms with Gasteiger partial charge in [0.05, 0.1) is 37.6 Å². The molecule has 0 spiro atoms. The molecule has 2 heterocycles. The average molecular weight is 624 g/mol. The highest BCUT2D eigenvalue weighted by atomic mass is 79.9. The second kappa shape index (κ2) is 9.58. The average Bonchev–Trinajstić information content (AvgIpc) is 3.37. The second-order valence-corrected chi connectivity index (χ2v) is 10.7. The van der Waals surface area contributed by atoms with Crippen molar-refractivity contribution in [1.29, 1.82) is 0 Å². The van der Waals surface area contributed by atoms with Crippen molar-refractivity contribution in [3.8, 4) is 23.0 Å². The van der Waals surface area contributed by atoms with Crippen molar-refractivity contribution in [3.63, 3.8) is 0 Å². The Labute approximate surface area is 232 Å². The van der Waals surface area contributed by atoms with E-state index in [4.69, 9.17) is 24.0 Å². The van der Waals surface area contributed by atoms with E-state index in [-0.39, 0.29) is 6.04 Å². The quantitative estimate of drug-likeness (QED) is 0.229. The van der Waals surface area contributed by atoms with Crippen LogP contribution in [0.2, 0.25) is 0 Å². The van der Waals surface area contributed by atoms with E-state index in [1.165, 1.54) is 10.8 Å². The van der Waals surface area contributed by atoms with Crippen LogP contribution in [0, 0.1) is 0 Å². The normalized spacial score (nSPS) is 18.1. The Morgan fingerprint density at radius 3 is 2.30 bits per heavy atom. The zero-order chi connectivity index (χ0) is 25.7. The molecule has 188 valence electrons. The van der Waals surface area contributed by atoms with Crippen LogP contribution in [0.4, 0.5) is 0 Å². The van der Waals surface area contributed by atoms with Gasteiger partial charge in [-0.25, -0.2) is 5.01 Å². The molecule has 0 aromatic heterocycles. The van der Waals surface area contributed by atoms with Gasteiger partial charge in [0.15, 0.2) is 11.5 Å². The summed E-state index contributed by atoms with van der Waals surface area (Å²) in [6, 6.07) is 22.8. The molecule has 0 aliphatic carbocycles. The summed E-state index contributed by atoms with van der Waals surface area (Å²) in [5.41, 5.74) is 4.04. The predicted molar refractivity (Wildman–Crippen MR) is 151 cm³/mol. The van der Waals surface area contributed by atoms with Gasteiger partial charge < -0.3 is 18.9 Å². The number of halogens is 2. The number of nitrogens with zero attached hydrogens (tertiary/aromatic N) is 2. The highest BCUT2D eigenvalue weighted by molar-refractivity contribution is 9.11. The van der Waals surface area contributed by atoms with E-state index in [0.717, 1.165) is 43.5 Å². The summed E-state index contributed by atoms with van der Waals surface area (Å²) in [5.74, 6) is 2.47. The van der Waals surface area contributed by atoms with Gasteiger partial charge in [0, 0.05) is 22.0 Å². The maximum absolute atomic E-state index is 6.64. The molecule has 8 heteroatoms. The molecule has 0 saturated heterocycles. The number of rotatable bonds is 5. The van der Waals surface area contributed by atoms with Gasteiger partial charge in [0.25, 0.3) is 0 Å². The fourth-order valence-electron chi connectivity index (χ4n) is 5.12. The Hall–Kier alpha value is -3.23. The molecule has 0 amide bonds. The first-order valence-corrected chi connectivity index (χ1v) is 13.4. The van der Waals surface area contributed by atoms with Gasteiger partial charge in [0.1, 0.15) is 5.75 Å². The van der Waals surface area contributed by atoms with Crippen LogP contribution in [-0.4, -0.2) is 32.0 Å². The summed E-state index contributed by atoms with van der Waals surface area (Å²) < 4.78 is 25.3. The van der Waals surface area contributed by atoms with Crippen LogP contribution in [0.5, 0.6) is 23.0 Å². The molecule has 2 atom stereocenters. The monoisotopic (exact) mass is 622 g/mol. The fourth-order valence-corrected chi connectivity index (χ4v) is 6.47. The van der Waals surface area contributed by atoms with Gasteiger partial charge >= 0.3 is 0 Å². The third-order valence-electron chi connectivity index (χ3n) is 6.86. The number of hydrazone groups is 1. The number of methoxy groups -OCH3 is 3. The predicted octanol–water partition coefficient (Wildman–Crippen LogP) is 7.63. The number of hydrogen-bond donors (Lipinski definition) is 0. The summed E-state index contributed by atoms with van der Waals surface area (Å²) in [5, 5.41) is 9.58. The third kappa shape index (κ3) is 4.12. The largest absolute Gasteiger partial charge is 0.493 e. The van der Waals surface area contributed by atoms with E-state index in [1.54, 1.807) is 21.3 Å². The van der Waals surface area contributed by atoms with Crippen LogP contribution in [0.15, 0.2) is 80.8 Å². The Morgan fingerprint density at radius 1 is 0.865 bits per heavy atom. The van der Waals surface area contributed by atoms with Crippen molar-refractivity contribution in [2.75, 3.05) is 21.3 Å². The molecule has 0 fully saturated rings. The molecule has 2 aliphatic heterocycles. The van der Waals surface area contributed by atoms with E-state index >= 15 is 0 Å². The molecule has 0 radical (unpaired) electrons. The molecular formula is C29H24Br2N2O4. The Morgan fingerprint density at radius 2 is 1.59 bits per heavy atom. The summed E-state index contributed by atoms with van der Waals surface area (Å²) in [4.78, 5) is 0. The zero-order valence-electron chi connectivity index (χ0n) is 20.5. The SMILES string of the molecule is COc1cc([C@H]2Oc3c(Br)cc(Br)cc3[C@@H]3CC(c4ccc5ccccc5c4)=NN23)cc(OC)c1OC. The van der Waals surface area contributed by atoms with Gasteiger partial charge in [-0.05, 0) is 62.6 Å². The molecular weight excluding hydrogens is 600 g/mol. The Kier molecular flexibility index (Phi) is 6.24. The van der Waals surface area contributed by atoms with Crippen LogP contribution < -0.4 is 18.9 Å². The Bertz CT molecular complexity index is 1530. The molecule has 37 heavy (non-hydrogen) atoms. The molecule has 2 aliphatic rings. The first-order valence-electron chi connectivity index (χ1n) is 11.8. The minimum atomic E-state index is -0.498. The van der Waals surface area contributed by atoms with Crippen LogP contribution in [0.25, 0.3) is 10.8 Å². The molecule has 4 aromatic carbocycles. The first-order chi connectivity index (χ1) is 18.0. The maximum atomic E-state index is 6.64. The number of hydrogen-bond acceptors (Lipinski definition) is 6. The lowest BCUT2D eigenvalue weighted by Gasteiger charge is -2.39. The topological polar surface area (TPSA) is 52.5 Å². The van der Waals surface area contributed by atoms with E-state index in [0.29, 0.717) is 17.2 Å². The summed E-state index contributed by atoms with van der Waals surface area (Å²) >= 11 is 7.37. The zero-order valence-corrected chi connectivity index (χ0v) is 23.7. The maximum Gasteiger partial charge on any atom is 0.214 e. The third-order valence-corrected chi connectivity index (χ3v) is 7.91. The highest BCUT2D eigenvalue weighted by Crippen LogP contribution is 2.52. The van der Waals surface area contributed by atoms with Crippen molar-refractivity contribution in [2.45, 2.75) is 18.7 Å². The van der Waals surface area contributed by atoms with E-state index in [2.05, 4.69) is 80.4 Å². The van der Waals surface area contributed by atoms with E-state index in [1.807, 2.05) is 23.2 Å². The lowest BCUT2D eigenvalue weighted by molar-refractivity contribution is -0.0199. The summed E-state index contributed by atoms with van der Waals surface area (Å²) in [6.45, 7) is 0. The van der Waals surface area contributed by atoms with Gasteiger partial charge in [0.2, 0.25) is 12.0 Å². The summed E-state index contributed by atoms with van der Waals surface area (Å²) in [6.07, 6.45) is 0.250. The van der Waals surface area contributed by atoms with Gasteiger partial charge in [-0.2, -0.15) is 5.10 Å². The lowest BCUT2D eigenvalue weighted by atomic mass is 9.95. The van der Waals surface area contributed by atoms with Crippen LogP contribution in [0.1, 0.15) is 35.4 Å². The van der Waals surface area contributed by atoms with Crippen molar-refractivity contribution < 1.29 is 18.9 Å². The van der Waals surface area contributed by atoms with Gasteiger partial charge in [-0.1, -0.05) is 52.3 Å². The molecule has 0 unspecified atom stereocenters. The van der Waals surface area contributed by atoms with Crippen molar-refractivity contribution in [2.24, 2.45) is 5.10 Å². The molecule has 6 nitrogen and oxygen atoms in total. The fraction of sp³-hybridized carbons (Fsp3) is 0.207. The Balaban J connectivity index is 1.50. The van der Waals surface area contributed by atoms with Crippen LogP contribution in [0.3, 0.4) is 0 Å². The van der Waals surface area contributed by atoms with E-state index < -0.39 is 6.23 Å². The van der Waals surface area contributed by atoms with Crippen LogP contribution in [-0.2, 0) is 0 Å². The molecule has 0 bridgehead atoms. The number of fused-ring (bicyclic) bond motifs is 4.